The first-order chi connectivity index (χ1) is 13.4. The molecule has 4 aromatic rings. The number of carbonyl (C=O) groups is 1. The third-order valence-corrected chi connectivity index (χ3v) is 5.98. The number of carbonyl (C=O) groups excluding carboxylic acids is 1. The molecule has 0 unspecified atom stereocenters. The molecule has 0 aliphatic carbocycles. The van der Waals surface area contributed by atoms with Gasteiger partial charge < -0.3 is 5.32 Å². The van der Waals surface area contributed by atoms with Crippen molar-refractivity contribution in [1.29, 1.82) is 0 Å². The average molecular weight is 415 g/mol. The second-order valence-electron chi connectivity index (χ2n) is 6.67. The second kappa shape index (κ2) is 7.41. The molecule has 8 heteroatoms. The first kappa shape index (κ1) is 18.7. The van der Waals surface area contributed by atoms with E-state index in [4.69, 9.17) is 11.6 Å². The Hall–Kier alpha value is -2.64. The van der Waals surface area contributed by atoms with E-state index in [1.807, 2.05) is 54.6 Å². The number of aromatic nitrogens is 3. The Labute approximate surface area is 170 Å². The lowest BCUT2D eigenvalue weighted by Crippen LogP contribution is -2.35. The van der Waals surface area contributed by atoms with Gasteiger partial charge in [-0.1, -0.05) is 29.8 Å². The van der Waals surface area contributed by atoms with E-state index in [0.29, 0.717) is 29.3 Å². The molecular formula is C20H19ClN4O2S. The third kappa shape index (κ3) is 3.43. The maximum absolute atomic E-state index is 12.8. The fourth-order valence-corrected chi connectivity index (χ4v) is 4.53. The number of nitrogens with one attached hydrogen (secondary N) is 1. The molecule has 0 radical (unpaired) electrons. The van der Waals surface area contributed by atoms with Crippen molar-refractivity contribution >= 4 is 44.6 Å². The number of halogens is 1. The summed E-state index contributed by atoms with van der Waals surface area (Å²) in [5.41, 5.74) is 2.22. The highest BCUT2D eigenvalue weighted by Crippen LogP contribution is 2.27. The molecule has 0 spiro atoms. The van der Waals surface area contributed by atoms with Crippen molar-refractivity contribution in [1.82, 2.24) is 19.5 Å². The average Bonchev–Trinajstić information content (AvgIpc) is 3.17. The molecule has 1 N–H and O–H groups in total. The van der Waals surface area contributed by atoms with Gasteiger partial charge in [-0.2, -0.15) is 5.10 Å². The van der Waals surface area contributed by atoms with E-state index in [2.05, 4.69) is 10.4 Å². The summed E-state index contributed by atoms with van der Waals surface area (Å²) in [6.07, 6.45) is 0.625. The molecule has 0 bridgehead atoms. The van der Waals surface area contributed by atoms with E-state index >= 15 is 0 Å². The van der Waals surface area contributed by atoms with Crippen molar-refractivity contribution in [2.24, 2.45) is 0 Å². The number of aryl methyl sites for hydroxylation is 2. The lowest BCUT2D eigenvalue weighted by molar-refractivity contribution is -0.121. The smallest absolute Gasteiger partial charge is 0.291 e. The van der Waals surface area contributed by atoms with Crippen LogP contribution in [0.15, 0.2) is 41.2 Å². The number of benzene rings is 1. The minimum absolute atomic E-state index is 0.115. The number of rotatable bonds is 5. The molecule has 0 atom stereocenters. The van der Waals surface area contributed by atoms with Crippen molar-refractivity contribution in [3.05, 3.63) is 68.0 Å². The zero-order chi connectivity index (χ0) is 19.8. The summed E-state index contributed by atoms with van der Waals surface area (Å²) in [5.74, 6) is 0.417. The highest BCUT2D eigenvalue weighted by molar-refractivity contribution is 7.19. The zero-order valence-corrected chi connectivity index (χ0v) is 17.1. The number of amides is 1. The number of nitrogens with zero attached hydrogens (tertiary/aromatic N) is 3. The van der Waals surface area contributed by atoms with Gasteiger partial charge in [-0.25, -0.2) is 4.68 Å². The van der Waals surface area contributed by atoms with Gasteiger partial charge in [0.1, 0.15) is 17.9 Å². The largest absolute Gasteiger partial charge is 0.354 e. The number of hydrogen-bond donors (Lipinski definition) is 1. The molecule has 4 rings (SSSR count). The van der Waals surface area contributed by atoms with E-state index in [9.17, 15) is 9.59 Å². The Morgan fingerprint density at radius 3 is 2.79 bits per heavy atom. The van der Waals surface area contributed by atoms with Gasteiger partial charge in [0.25, 0.3) is 5.56 Å². The fourth-order valence-electron chi connectivity index (χ4n) is 3.36. The van der Waals surface area contributed by atoms with Crippen molar-refractivity contribution in [3.8, 4) is 0 Å². The molecule has 6 nitrogen and oxygen atoms in total. The van der Waals surface area contributed by atoms with E-state index < -0.39 is 0 Å². The van der Waals surface area contributed by atoms with Gasteiger partial charge in [-0.3, -0.25) is 14.0 Å². The van der Waals surface area contributed by atoms with Crippen LogP contribution in [0, 0.1) is 13.8 Å². The van der Waals surface area contributed by atoms with Crippen LogP contribution >= 0.6 is 22.9 Å². The molecule has 0 aliphatic heterocycles. The molecule has 0 aliphatic rings. The monoisotopic (exact) mass is 414 g/mol. The van der Waals surface area contributed by atoms with Gasteiger partial charge in [0, 0.05) is 16.4 Å². The van der Waals surface area contributed by atoms with Gasteiger partial charge in [-0.05, 0) is 44.0 Å². The zero-order valence-electron chi connectivity index (χ0n) is 15.5. The summed E-state index contributed by atoms with van der Waals surface area (Å²) < 4.78 is 4.13. The van der Waals surface area contributed by atoms with Gasteiger partial charge >= 0.3 is 0 Å². The Morgan fingerprint density at radius 1 is 1.21 bits per heavy atom. The highest BCUT2D eigenvalue weighted by Gasteiger charge is 2.15. The summed E-state index contributed by atoms with van der Waals surface area (Å²) in [6.45, 7) is 4.20. The lowest BCUT2D eigenvalue weighted by Gasteiger charge is -2.09. The van der Waals surface area contributed by atoms with E-state index in [1.54, 1.807) is 11.3 Å². The van der Waals surface area contributed by atoms with Crippen LogP contribution in [0.1, 0.15) is 16.3 Å². The number of fused-ring (bicyclic) bond motifs is 3. The molecule has 0 fully saturated rings. The van der Waals surface area contributed by atoms with Gasteiger partial charge in [0.05, 0.1) is 10.2 Å². The Kier molecular flexibility index (Phi) is 4.95. The van der Waals surface area contributed by atoms with Crippen LogP contribution in [-0.4, -0.2) is 26.6 Å². The minimum Gasteiger partial charge on any atom is -0.354 e. The molecule has 28 heavy (non-hydrogen) atoms. The maximum atomic E-state index is 12.8. The van der Waals surface area contributed by atoms with Crippen molar-refractivity contribution in [3.63, 3.8) is 0 Å². The molecule has 0 saturated carbocycles. The SMILES string of the molecule is Cc1cc2c(cc3c(=O)n(CC(=O)NCCc4ccccc4Cl)nc(C)n32)s1. The number of thiophene rings is 1. The van der Waals surface area contributed by atoms with E-state index in [0.717, 1.165) is 15.8 Å². The predicted molar refractivity (Wildman–Crippen MR) is 112 cm³/mol. The summed E-state index contributed by atoms with van der Waals surface area (Å²) >= 11 is 7.77. The molecule has 1 amide bonds. The van der Waals surface area contributed by atoms with Crippen LogP contribution in [-0.2, 0) is 17.8 Å². The first-order valence-corrected chi connectivity index (χ1v) is 10.1. The normalized spacial score (nSPS) is 11.4. The standard InChI is InChI=1S/C20H19ClN4O2S/c1-12-9-16-18(28-12)10-17-20(27)24(23-13(2)25(16)17)11-19(26)22-8-7-14-5-3-4-6-15(14)21/h3-6,9-10H,7-8,11H2,1-2H3,(H,22,26). The van der Waals surface area contributed by atoms with Crippen molar-refractivity contribution < 1.29 is 4.79 Å². The van der Waals surface area contributed by atoms with Gasteiger partial charge in [0.15, 0.2) is 0 Å². The maximum Gasteiger partial charge on any atom is 0.291 e. The lowest BCUT2D eigenvalue weighted by atomic mass is 10.1. The highest BCUT2D eigenvalue weighted by atomic mass is 35.5. The van der Waals surface area contributed by atoms with Crippen LogP contribution in [0.3, 0.4) is 0 Å². The van der Waals surface area contributed by atoms with E-state index in [-0.39, 0.29) is 18.0 Å². The molecule has 144 valence electrons. The molecular weight excluding hydrogens is 396 g/mol. The van der Waals surface area contributed by atoms with Crippen LogP contribution in [0.5, 0.6) is 0 Å². The molecule has 0 saturated heterocycles. The molecule has 3 heterocycles. The van der Waals surface area contributed by atoms with Crippen molar-refractivity contribution in [2.75, 3.05) is 6.54 Å². The van der Waals surface area contributed by atoms with Gasteiger partial charge in [0.2, 0.25) is 5.91 Å². The van der Waals surface area contributed by atoms with Crippen molar-refractivity contribution in [2.45, 2.75) is 26.8 Å². The van der Waals surface area contributed by atoms with Gasteiger partial charge in [-0.15, -0.1) is 11.3 Å². The topological polar surface area (TPSA) is 68.4 Å². The summed E-state index contributed by atoms with van der Waals surface area (Å²) in [7, 11) is 0. The third-order valence-electron chi connectivity index (χ3n) is 4.62. The summed E-state index contributed by atoms with van der Waals surface area (Å²) in [6, 6.07) is 11.5. The van der Waals surface area contributed by atoms with Crippen LogP contribution in [0.25, 0.3) is 15.7 Å². The van der Waals surface area contributed by atoms with Crippen LogP contribution < -0.4 is 10.9 Å². The van der Waals surface area contributed by atoms with Crippen LogP contribution in [0.2, 0.25) is 5.02 Å². The quantitative estimate of drug-likeness (QED) is 0.544. The second-order valence-corrected chi connectivity index (χ2v) is 8.37. The Morgan fingerprint density at radius 2 is 2.00 bits per heavy atom. The summed E-state index contributed by atoms with van der Waals surface area (Å²) in [5, 5.41) is 7.85. The molecule has 1 aromatic carbocycles. The molecule has 3 aromatic heterocycles. The fraction of sp³-hybridized carbons (Fsp3) is 0.250. The van der Waals surface area contributed by atoms with Crippen LogP contribution in [0.4, 0.5) is 0 Å². The first-order valence-electron chi connectivity index (χ1n) is 8.93. The number of hydrogen-bond acceptors (Lipinski definition) is 4. The minimum atomic E-state index is -0.270. The Bertz CT molecular complexity index is 1250. The Balaban J connectivity index is 1.51. The summed E-state index contributed by atoms with van der Waals surface area (Å²) in [4.78, 5) is 26.3. The van der Waals surface area contributed by atoms with E-state index in [1.165, 1.54) is 9.56 Å². The predicted octanol–water partition coefficient (Wildman–Crippen LogP) is 3.34.